The molecule has 2 amide bonds. The third kappa shape index (κ3) is 4.14. The number of amides is 2. The summed E-state index contributed by atoms with van der Waals surface area (Å²) in [5, 5.41) is 7.47. The molecule has 1 aliphatic rings. The van der Waals surface area contributed by atoms with Crippen LogP contribution in [0.5, 0.6) is 0 Å². The highest BCUT2D eigenvalue weighted by molar-refractivity contribution is 7.15. The Labute approximate surface area is 161 Å². The van der Waals surface area contributed by atoms with Crippen LogP contribution in [0.25, 0.3) is 10.9 Å². The Bertz CT molecular complexity index is 994. The molecule has 6 nitrogen and oxygen atoms in total. The molecule has 1 aliphatic carbocycles. The van der Waals surface area contributed by atoms with E-state index in [-0.39, 0.29) is 17.9 Å². The second-order valence-corrected chi connectivity index (χ2v) is 7.95. The molecule has 3 aromatic rings. The SMILES string of the molecule is CC(=O)NC1CC(c2cnc(NC(=O)Cc3ccc4ncccc4c3)s2)C1. The van der Waals surface area contributed by atoms with Gasteiger partial charge in [-0.3, -0.25) is 14.6 Å². The van der Waals surface area contributed by atoms with Crippen LogP contribution in [-0.2, 0) is 16.0 Å². The fourth-order valence-electron chi connectivity index (χ4n) is 3.37. The molecule has 1 fully saturated rings. The van der Waals surface area contributed by atoms with E-state index < -0.39 is 0 Å². The van der Waals surface area contributed by atoms with E-state index in [9.17, 15) is 9.59 Å². The van der Waals surface area contributed by atoms with Crippen molar-refractivity contribution in [2.24, 2.45) is 0 Å². The highest BCUT2D eigenvalue weighted by atomic mass is 32.1. The quantitative estimate of drug-likeness (QED) is 0.712. The first-order chi connectivity index (χ1) is 13.1. The summed E-state index contributed by atoms with van der Waals surface area (Å²) in [7, 11) is 0. The standard InChI is InChI=1S/C20H20N4O2S/c1-12(25)23-16-9-15(10-16)18-11-22-20(27-18)24-19(26)8-13-4-5-17-14(7-13)3-2-6-21-17/h2-7,11,15-16H,8-10H2,1H3,(H,23,25)(H,22,24,26). The van der Waals surface area contributed by atoms with Gasteiger partial charge in [0.2, 0.25) is 11.8 Å². The lowest BCUT2D eigenvalue weighted by Crippen LogP contribution is -2.42. The number of carbonyl (C=O) groups is 2. The molecule has 0 bridgehead atoms. The van der Waals surface area contributed by atoms with Crippen molar-refractivity contribution < 1.29 is 9.59 Å². The Hall–Kier alpha value is -2.80. The zero-order chi connectivity index (χ0) is 18.8. The zero-order valence-electron chi connectivity index (χ0n) is 14.9. The average molecular weight is 380 g/mol. The minimum atomic E-state index is -0.0797. The summed E-state index contributed by atoms with van der Waals surface area (Å²) >= 11 is 1.51. The summed E-state index contributed by atoms with van der Waals surface area (Å²) in [6.45, 7) is 1.54. The van der Waals surface area contributed by atoms with Crippen LogP contribution >= 0.6 is 11.3 Å². The number of nitrogens with zero attached hydrogens (tertiary/aromatic N) is 2. The van der Waals surface area contributed by atoms with Gasteiger partial charge in [0.1, 0.15) is 0 Å². The van der Waals surface area contributed by atoms with Gasteiger partial charge in [-0.2, -0.15) is 0 Å². The van der Waals surface area contributed by atoms with Crippen molar-refractivity contribution in [3.8, 4) is 0 Å². The van der Waals surface area contributed by atoms with Gasteiger partial charge in [0.15, 0.2) is 5.13 Å². The normalized spacial score (nSPS) is 18.7. The second kappa shape index (κ2) is 7.44. The Kier molecular flexibility index (Phi) is 4.85. The highest BCUT2D eigenvalue weighted by Gasteiger charge is 2.32. The van der Waals surface area contributed by atoms with E-state index >= 15 is 0 Å². The van der Waals surface area contributed by atoms with E-state index in [1.807, 2.05) is 36.5 Å². The Morgan fingerprint density at radius 3 is 2.89 bits per heavy atom. The van der Waals surface area contributed by atoms with Crippen molar-refractivity contribution in [2.75, 3.05) is 5.32 Å². The van der Waals surface area contributed by atoms with Crippen molar-refractivity contribution in [2.45, 2.75) is 38.1 Å². The zero-order valence-corrected chi connectivity index (χ0v) is 15.8. The molecule has 27 heavy (non-hydrogen) atoms. The van der Waals surface area contributed by atoms with Gasteiger partial charge < -0.3 is 10.6 Å². The molecule has 4 rings (SSSR count). The van der Waals surface area contributed by atoms with Crippen molar-refractivity contribution >= 4 is 39.2 Å². The lowest BCUT2D eigenvalue weighted by Gasteiger charge is -2.34. The third-order valence-corrected chi connectivity index (χ3v) is 5.83. The first-order valence-corrected chi connectivity index (χ1v) is 9.75. The average Bonchev–Trinajstić information content (AvgIpc) is 3.05. The minimum Gasteiger partial charge on any atom is -0.354 e. The van der Waals surface area contributed by atoms with E-state index in [1.165, 1.54) is 11.3 Å². The smallest absolute Gasteiger partial charge is 0.230 e. The maximum atomic E-state index is 12.3. The van der Waals surface area contributed by atoms with Gasteiger partial charge in [0.05, 0.1) is 11.9 Å². The molecule has 138 valence electrons. The summed E-state index contributed by atoms with van der Waals surface area (Å²) in [5.41, 5.74) is 1.87. The van der Waals surface area contributed by atoms with Crippen LogP contribution in [0.3, 0.4) is 0 Å². The van der Waals surface area contributed by atoms with Gasteiger partial charge in [-0.1, -0.05) is 12.1 Å². The van der Waals surface area contributed by atoms with E-state index in [0.29, 0.717) is 17.5 Å². The minimum absolute atomic E-state index is 0.0141. The molecule has 0 unspecified atom stereocenters. The Morgan fingerprint density at radius 1 is 1.22 bits per heavy atom. The molecule has 2 N–H and O–H groups in total. The van der Waals surface area contributed by atoms with Gasteiger partial charge in [-0.15, -0.1) is 11.3 Å². The number of benzene rings is 1. The number of nitrogens with one attached hydrogen (secondary N) is 2. The lowest BCUT2D eigenvalue weighted by molar-refractivity contribution is -0.120. The Balaban J connectivity index is 1.33. The largest absolute Gasteiger partial charge is 0.354 e. The predicted molar refractivity (Wildman–Crippen MR) is 106 cm³/mol. The molecule has 1 saturated carbocycles. The fraction of sp³-hybridized carbons (Fsp3) is 0.300. The number of hydrogen-bond acceptors (Lipinski definition) is 5. The van der Waals surface area contributed by atoms with E-state index in [4.69, 9.17) is 0 Å². The molecule has 0 spiro atoms. The van der Waals surface area contributed by atoms with Crippen LogP contribution < -0.4 is 10.6 Å². The molecule has 7 heteroatoms. The Morgan fingerprint density at radius 2 is 2.07 bits per heavy atom. The van der Waals surface area contributed by atoms with Gasteiger partial charge in [0, 0.05) is 35.6 Å². The first-order valence-electron chi connectivity index (χ1n) is 8.93. The van der Waals surface area contributed by atoms with Gasteiger partial charge in [-0.25, -0.2) is 4.98 Å². The lowest BCUT2D eigenvalue weighted by atomic mass is 9.79. The molecule has 2 aromatic heterocycles. The molecule has 0 saturated heterocycles. The van der Waals surface area contributed by atoms with Crippen LogP contribution in [-0.4, -0.2) is 27.8 Å². The van der Waals surface area contributed by atoms with Crippen LogP contribution in [0.1, 0.15) is 36.1 Å². The molecule has 0 atom stereocenters. The number of aromatic nitrogens is 2. The van der Waals surface area contributed by atoms with E-state index in [0.717, 1.165) is 34.2 Å². The molecular weight excluding hydrogens is 360 g/mol. The van der Waals surface area contributed by atoms with Gasteiger partial charge in [-0.05, 0) is 42.5 Å². The third-order valence-electron chi connectivity index (χ3n) is 4.75. The summed E-state index contributed by atoms with van der Waals surface area (Å²) in [6, 6.07) is 9.99. The van der Waals surface area contributed by atoms with Crippen LogP contribution in [0.2, 0.25) is 0 Å². The van der Waals surface area contributed by atoms with Crippen molar-refractivity contribution in [3.05, 3.63) is 53.2 Å². The van der Waals surface area contributed by atoms with Crippen molar-refractivity contribution in [1.29, 1.82) is 0 Å². The number of hydrogen-bond donors (Lipinski definition) is 2. The number of anilines is 1. The number of fused-ring (bicyclic) bond motifs is 1. The monoisotopic (exact) mass is 380 g/mol. The maximum Gasteiger partial charge on any atom is 0.230 e. The van der Waals surface area contributed by atoms with Gasteiger partial charge in [0.25, 0.3) is 0 Å². The topological polar surface area (TPSA) is 84.0 Å². The molecule has 0 aliphatic heterocycles. The molecule has 0 radical (unpaired) electrons. The van der Waals surface area contributed by atoms with E-state index in [2.05, 4.69) is 20.6 Å². The van der Waals surface area contributed by atoms with Crippen LogP contribution in [0, 0.1) is 0 Å². The number of pyridine rings is 1. The number of carbonyl (C=O) groups excluding carboxylic acids is 2. The van der Waals surface area contributed by atoms with E-state index in [1.54, 1.807) is 13.1 Å². The maximum absolute atomic E-state index is 12.3. The number of thiazole rings is 1. The summed E-state index contributed by atoms with van der Waals surface area (Å²) in [6.07, 6.45) is 5.75. The summed E-state index contributed by atoms with van der Waals surface area (Å²) < 4.78 is 0. The van der Waals surface area contributed by atoms with Crippen molar-refractivity contribution in [3.63, 3.8) is 0 Å². The molecular formula is C20H20N4O2S. The van der Waals surface area contributed by atoms with Crippen molar-refractivity contribution in [1.82, 2.24) is 15.3 Å². The fourth-order valence-corrected chi connectivity index (χ4v) is 4.33. The van der Waals surface area contributed by atoms with Crippen LogP contribution in [0.15, 0.2) is 42.7 Å². The summed E-state index contributed by atoms with van der Waals surface area (Å²) in [4.78, 5) is 33.2. The molecule has 2 heterocycles. The molecule has 1 aromatic carbocycles. The predicted octanol–water partition coefficient (Wildman–Crippen LogP) is 3.25. The number of rotatable bonds is 5. The highest BCUT2D eigenvalue weighted by Crippen LogP contribution is 2.40. The second-order valence-electron chi connectivity index (χ2n) is 6.89. The summed E-state index contributed by atoms with van der Waals surface area (Å²) in [5.74, 6) is 0.349. The first kappa shape index (κ1) is 17.6. The van der Waals surface area contributed by atoms with Gasteiger partial charge >= 0.3 is 0 Å². The van der Waals surface area contributed by atoms with Crippen LogP contribution in [0.4, 0.5) is 5.13 Å².